The molecule has 0 unspecified atom stereocenters. The zero-order chi connectivity index (χ0) is 21.2. The van der Waals surface area contributed by atoms with Crippen LogP contribution in [0.4, 0.5) is 13.2 Å². The Kier molecular flexibility index (Phi) is 5.72. The minimum Gasteiger partial charge on any atom is -0.337 e. The van der Waals surface area contributed by atoms with Gasteiger partial charge in [0.1, 0.15) is 0 Å². The van der Waals surface area contributed by atoms with Crippen LogP contribution in [0.25, 0.3) is 11.3 Å². The van der Waals surface area contributed by atoms with E-state index in [9.17, 15) is 22.8 Å². The molecule has 1 aromatic carbocycles. The number of likely N-dealkylation sites (N-methyl/N-ethyl adjacent to an activating group) is 1. The Morgan fingerprint density at radius 3 is 2.72 bits per heavy atom. The van der Waals surface area contributed by atoms with Gasteiger partial charge in [-0.25, -0.2) is 0 Å². The number of aromatic nitrogens is 1. The van der Waals surface area contributed by atoms with Gasteiger partial charge in [0.2, 0.25) is 5.91 Å². The third-order valence-corrected chi connectivity index (χ3v) is 5.02. The maximum atomic E-state index is 13.1. The first-order valence-corrected chi connectivity index (χ1v) is 9.03. The zero-order valence-corrected chi connectivity index (χ0v) is 15.8. The third-order valence-electron chi connectivity index (χ3n) is 5.02. The number of alkyl halides is 3. The quantitative estimate of drug-likeness (QED) is 0.733. The van der Waals surface area contributed by atoms with E-state index in [2.05, 4.69) is 11.6 Å². The summed E-state index contributed by atoms with van der Waals surface area (Å²) in [4.78, 5) is 32.2. The topological polar surface area (TPSA) is 53.5 Å². The molecule has 152 valence electrons. The first-order valence-electron chi connectivity index (χ1n) is 9.03. The fourth-order valence-corrected chi connectivity index (χ4v) is 3.39. The number of rotatable bonds is 4. The van der Waals surface area contributed by atoms with Crippen molar-refractivity contribution in [3.05, 3.63) is 66.4 Å². The zero-order valence-electron chi connectivity index (χ0n) is 15.8. The molecule has 1 atom stereocenters. The Bertz CT molecular complexity index is 943. The van der Waals surface area contributed by atoms with Gasteiger partial charge in [0, 0.05) is 31.9 Å². The lowest BCUT2D eigenvalue weighted by atomic mass is 10.0. The highest BCUT2D eigenvalue weighted by atomic mass is 19.4. The van der Waals surface area contributed by atoms with E-state index in [1.165, 1.54) is 29.3 Å². The third kappa shape index (κ3) is 4.31. The Hall–Kier alpha value is -3.16. The van der Waals surface area contributed by atoms with Crippen LogP contribution in [0.2, 0.25) is 0 Å². The van der Waals surface area contributed by atoms with Crippen molar-refractivity contribution in [2.75, 3.05) is 20.1 Å². The molecule has 8 heteroatoms. The van der Waals surface area contributed by atoms with Crippen molar-refractivity contribution in [1.29, 1.82) is 0 Å². The van der Waals surface area contributed by atoms with Crippen molar-refractivity contribution >= 4 is 11.8 Å². The molecule has 5 nitrogen and oxygen atoms in total. The molecule has 1 aliphatic rings. The number of carbonyl (C=O) groups excluding carboxylic acids is 2. The molecule has 0 aliphatic carbocycles. The number of pyridine rings is 1. The highest BCUT2D eigenvalue weighted by Gasteiger charge is 2.33. The Balaban J connectivity index is 1.88. The number of halogens is 3. The first-order chi connectivity index (χ1) is 13.7. The highest BCUT2D eigenvalue weighted by molar-refractivity contribution is 6.00. The highest BCUT2D eigenvalue weighted by Crippen LogP contribution is 2.33. The van der Waals surface area contributed by atoms with E-state index in [1.54, 1.807) is 24.1 Å². The molecular formula is C21H20F3N3O2. The molecule has 0 saturated carbocycles. The van der Waals surface area contributed by atoms with Gasteiger partial charge in [-0.3, -0.25) is 14.6 Å². The van der Waals surface area contributed by atoms with Gasteiger partial charge < -0.3 is 9.80 Å². The SMILES string of the molecule is C=CC(=O)N1CC[C@H](N(C)C(=O)c2cccnc2-c2cccc(C(F)(F)F)c2)C1. The molecule has 3 rings (SSSR count). The van der Waals surface area contributed by atoms with Gasteiger partial charge in [0.05, 0.1) is 22.9 Å². The van der Waals surface area contributed by atoms with E-state index in [4.69, 9.17) is 0 Å². The van der Waals surface area contributed by atoms with Crippen LogP contribution in [0.5, 0.6) is 0 Å². The van der Waals surface area contributed by atoms with Crippen molar-refractivity contribution < 1.29 is 22.8 Å². The molecule has 1 saturated heterocycles. The molecule has 29 heavy (non-hydrogen) atoms. The molecule has 1 aromatic heterocycles. The Morgan fingerprint density at radius 2 is 2.03 bits per heavy atom. The number of likely N-dealkylation sites (tertiary alicyclic amines) is 1. The van der Waals surface area contributed by atoms with Crippen molar-refractivity contribution in [3.63, 3.8) is 0 Å². The lowest BCUT2D eigenvalue weighted by molar-refractivity contribution is -0.137. The summed E-state index contributed by atoms with van der Waals surface area (Å²) in [6.45, 7) is 4.36. The molecule has 2 aromatic rings. The van der Waals surface area contributed by atoms with Crippen LogP contribution >= 0.6 is 0 Å². The minimum atomic E-state index is -4.49. The van der Waals surface area contributed by atoms with E-state index in [0.29, 0.717) is 19.5 Å². The van der Waals surface area contributed by atoms with Gasteiger partial charge in [-0.2, -0.15) is 13.2 Å². The van der Waals surface area contributed by atoms with Crippen molar-refractivity contribution in [2.24, 2.45) is 0 Å². The van der Waals surface area contributed by atoms with Gasteiger partial charge in [-0.1, -0.05) is 18.7 Å². The van der Waals surface area contributed by atoms with E-state index in [-0.39, 0.29) is 34.7 Å². The monoisotopic (exact) mass is 403 g/mol. The summed E-state index contributed by atoms with van der Waals surface area (Å²) < 4.78 is 39.2. The fraction of sp³-hybridized carbons (Fsp3) is 0.286. The maximum Gasteiger partial charge on any atom is 0.416 e. The average Bonchev–Trinajstić information content (AvgIpc) is 3.22. The number of carbonyl (C=O) groups is 2. The molecule has 0 radical (unpaired) electrons. The number of nitrogens with zero attached hydrogens (tertiary/aromatic N) is 3. The largest absolute Gasteiger partial charge is 0.416 e. The standard InChI is InChI=1S/C21H20F3N3O2/c1-3-18(28)27-11-9-16(13-27)26(2)20(29)17-8-5-10-25-19(17)14-6-4-7-15(12-14)21(22,23)24/h3-8,10,12,16H,1,9,11,13H2,2H3/t16-/m0/s1. The lowest BCUT2D eigenvalue weighted by Gasteiger charge is -2.25. The van der Waals surface area contributed by atoms with Gasteiger partial charge in [-0.05, 0) is 36.8 Å². The second-order valence-corrected chi connectivity index (χ2v) is 6.83. The predicted octanol–water partition coefficient (Wildman–Crippen LogP) is 3.63. The molecule has 1 aliphatic heterocycles. The van der Waals surface area contributed by atoms with E-state index in [1.807, 2.05) is 0 Å². The summed E-state index contributed by atoms with van der Waals surface area (Å²) >= 11 is 0. The number of amides is 2. The second kappa shape index (κ2) is 8.06. The predicted molar refractivity (Wildman–Crippen MR) is 102 cm³/mol. The fourth-order valence-electron chi connectivity index (χ4n) is 3.39. The molecule has 0 spiro atoms. The van der Waals surface area contributed by atoms with Crippen LogP contribution < -0.4 is 0 Å². The van der Waals surface area contributed by atoms with Gasteiger partial charge >= 0.3 is 6.18 Å². The van der Waals surface area contributed by atoms with Crippen LogP contribution in [-0.4, -0.2) is 52.8 Å². The summed E-state index contributed by atoms with van der Waals surface area (Å²) in [6.07, 6.45) is -1.21. The molecule has 0 N–H and O–H groups in total. The van der Waals surface area contributed by atoms with Crippen molar-refractivity contribution in [2.45, 2.75) is 18.6 Å². The number of benzene rings is 1. The number of hydrogen-bond acceptors (Lipinski definition) is 3. The van der Waals surface area contributed by atoms with E-state index < -0.39 is 11.7 Å². The minimum absolute atomic E-state index is 0.187. The van der Waals surface area contributed by atoms with Gasteiger partial charge in [0.25, 0.3) is 5.91 Å². The van der Waals surface area contributed by atoms with Crippen LogP contribution in [0.3, 0.4) is 0 Å². The average molecular weight is 403 g/mol. The van der Waals surface area contributed by atoms with Crippen LogP contribution in [0.15, 0.2) is 55.3 Å². The Morgan fingerprint density at radius 1 is 1.28 bits per heavy atom. The maximum absolute atomic E-state index is 13.1. The Labute approximate surface area is 166 Å². The second-order valence-electron chi connectivity index (χ2n) is 6.83. The van der Waals surface area contributed by atoms with Gasteiger partial charge in [-0.15, -0.1) is 0 Å². The van der Waals surface area contributed by atoms with Gasteiger partial charge in [0.15, 0.2) is 0 Å². The molecule has 1 fully saturated rings. The molecule has 2 heterocycles. The molecule has 0 bridgehead atoms. The first kappa shape index (κ1) is 20.6. The van der Waals surface area contributed by atoms with Crippen LogP contribution in [0, 0.1) is 0 Å². The van der Waals surface area contributed by atoms with E-state index in [0.717, 1.165) is 12.1 Å². The molecular weight excluding hydrogens is 383 g/mol. The van der Waals surface area contributed by atoms with Crippen molar-refractivity contribution in [1.82, 2.24) is 14.8 Å². The van der Waals surface area contributed by atoms with Crippen LogP contribution in [0.1, 0.15) is 22.3 Å². The summed E-state index contributed by atoms with van der Waals surface area (Å²) in [7, 11) is 1.62. The molecule has 2 amide bonds. The summed E-state index contributed by atoms with van der Waals surface area (Å²) in [5, 5.41) is 0. The number of hydrogen-bond donors (Lipinski definition) is 0. The summed E-state index contributed by atoms with van der Waals surface area (Å²) in [6, 6.07) is 7.67. The summed E-state index contributed by atoms with van der Waals surface area (Å²) in [5.74, 6) is -0.553. The van der Waals surface area contributed by atoms with E-state index >= 15 is 0 Å². The summed E-state index contributed by atoms with van der Waals surface area (Å²) in [5.41, 5.74) is -0.191. The lowest BCUT2D eigenvalue weighted by Crippen LogP contribution is -2.40. The normalized spacial score (nSPS) is 16.6. The van der Waals surface area contributed by atoms with Crippen molar-refractivity contribution in [3.8, 4) is 11.3 Å². The smallest absolute Gasteiger partial charge is 0.337 e. The van der Waals surface area contributed by atoms with Crippen LogP contribution in [-0.2, 0) is 11.0 Å².